The van der Waals surface area contributed by atoms with E-state index < -0.39 is 6.04 Å². The molecule has 1 aromatic carbocycles. The molecule has 1 aliphatic rings. The van der Waals surface area contributed by atoms with Crippen molar-refractivity contribution in [3.05, 3.63) is 17.7 Å². The Kier molecular flexibility index (Phi) is 9.15. The molecule has 0 spiro atoms. The Morgan fingerprint density at radius 3 is 1.96 bits per heavy atom. The summed E-state index contributed by atoms with van der Waals surface area (Å²) in [6.45, 7) is 7.73. The van der Waals surface area contributed by atoms with Gasteiger partial charge >= 0.3 is 0 Å². The van der Waals surface area contributed by atoms with Gasteiger partial charge in [-0.15, -0.1) is 12.4 Å². The van der Waals surface area contributed by atoms with Crippen molar-refractivity contribution in [2.24, 2.45) is 11.7 Å². The van der Waals surface area contributed by atoms with E-state index in [2.05, 4.69) is 4.90 Å². The smallest absolute Gasteiger partial charge is 0.239 e. The summed E-state index contributed by atoms with van der Waals surface area (Å²) >= 11 is 0. The number of nitrogens with zero attached hydrogens (tertiary/aromatic N) is 2. The van der Waals surface area contributed by atoms with Crippen LogP contribution in [0.3, 0.4) is 0 Å². The molecule has 0 aromatic heterocycles. The van der Waals surface area contributed by atoms with E-state index in [4.69, 9.17) is 19.9 Å². The van der Waals surface area contributed by atoms with Crippen LogP contribution in [0.25, 0.3) is 0 Å². The van der Waals surface area contributed by atoms with Crippen LogP contribution in [0.5, 0.6) is 17.2 Å². The minimum Gasteiger partial charge on any atom is -0.493 e. The standard InChI is InChI=1S/C19H31N3O4.ClH/c1-13(2)17(20)19(23)22-8-6-21(7-9-22)12-14-10-15(24-3)18(26-5)16(11-14)25-4;/h10-11,13,17H,6-9,12,20H2,1-5H3;1H/t17-;/m0./s1. The Hall–Kier alpha value is -1.70. The number of carbonyl (C=O) groups is 1. The van der Waals surface area contributed by atoms with E-state index in [0.29, 0.717) is 30.3 Å². The highest BCUT2D eigenvalue weighted by Crippen LogP contribution is 2.38. The lowest BCUT2D eigenvalue weighted by molar-refractivity contribution is -0.135. The summed E-state index contributed by atoms with van der Waals surface area (Å²) in [5.74, 6) is 2.10. The lowest BCUT2D eigenvalue weighted by Gasteiger charge is -2.36. The summed E-state index contributed by atoms with van der Waals surface area (Å²) < 4.78 is 16.2. The van der Waals surface area contributed by atoms with Gasteiger partial charge in [-0.3, -0.25) is 9.69 Å². The van der Waals surface area contributed by atoms with Gasteiger partial charge in [0.1, 0.15) is 0 Å². The lowest BCUT2D eigenvalue weighted by atomic mass is 10.0. The van der Waals surface area contributed by atoms with E-state index in [9.17, 15) is 4.79 Å². The van der Waals surface area contributed by atoms with Crippen LogP contribution in [-0.2, 0) is 11.3 Å². The maximum absolute atomic E-state index is 12.4. The van der Waals surface area contributed by atoms with E-state index in [-0.39, 0.29) is 24.2 Å². The quantitative estimate of drug-likeness (QED) is 0.750. The SMILES string of the molecule is COc1cc(CN2CCN(C(=O)[C@@H](N)C(C)C)CC2)cc(OC)c1OC.Cl. The van der Waals surface area contributed by atoms with Gasteiger partial charge in [0.25, 0.3) is 0 Å². The number of nitrogens with two attached hydrogens (primary N) is 1. The first-order valence-corrected chi connectivity index (χ1v) is 8.96. The van der Waals surface area contributed by atoms with Crippen molar-refractivity contribution in [2.45, 2.75) is 26.4 Å². The fraction of sp³-hybridized carbons (Fsp3) is 0.632. The van der Waals surface area contributed by atoms with E-state index in [1.165, 1.54) is 0 Å². The van der Waals surface area contributed by atoms with Crippen molar-refractivity contribution < 1.29 is 19.0 Å². The first kappa shape index (κ1) is 23.3. The third-order valence-corrected chi connectivity index (χ3v) is 4.82. The molecule has 2 N–H and O–H groups in total. The van der Waals surface area contributed by atoms with Gasteiger partial charge in [0.05, 0.1) is 27.4 Å². The summed E-state index contributed by atoms with van der Waals surface area (Å²) in [6.07, 6.45) is 0. The first-order valence-electron chi connectivity index (χ1n) is 8.96. The summed E-state index contributed by atoms with van der Waals surface area (Å²) in [4.78, 5) is 16.6. The van der Waals surface area contributed by atoms with Gasteiger partial charge in [0.2, 0.25) is 11.7 Å². The second kappa shape index (κ2) is 10.6. The molecule has 0 unspecified atom stereocenters. The van der Waals surface area contributed by atoms with Crippen molar-refractivity contribution in [3.8, 4) is 17.2 Å². The minimum atomic E-state index is -0.420. The Morgan fingerprint density at radius 2 is 1.56 bits per heavy atom. The second-order valence-corrected chi connectivity index (χ2v) is 6.90. The lowest BCUT2D eigenvalue weighted by Crippen LogP contribution is -2.54. The molecule has 1 saturated heterocycles. The van der Waals surface area contributed by atoms with Crippen LogP contribution in [0.1, 0.15) is 19.4 Å². The zero-order valence-corrected chi connectivity index (χ0v) is 17.7. The number of rotatable bonds is 7. The largest absolute Gasteiger partial charge is 0.493 e. The summed E-state index contributed by atoms with van der Waals surface area (Å²) in [5, 5.41) is 0. The van der Waals surface area contributed by atoms with Crippen molar-refractivity contribution >= 4 is 18.3 Å². The fourth-order valence-electron chi connectivity index (χ4n) is 3.11. The van der Waals surface area contributed by atoms with Crippen molar-refractivity contribution in [1.29, 1.82) is 0 Å². The van der Waals surface area contributed by atoms with Gasteiger partial charge < -0.3 is 24.8 Å². The van der Waals surface area contributed by atoms with Gasteiger partial charge in [-0.05, 0) is 23.6 Å². The van der Waals surface area contributed by atoms with Crippen molar-refractivity contribution in [1.82, 2.24) is 9.80 Å². The summed E-state index contributed by atoms with van der Waals surface area (Å²) in [6, 6.07) is 3.51. The molecular formula is C19H32ClN3O4. The Bertz CT molecular complexity index is 594. The Labute approximate surface area is 168 Å². The molecule has 8 heteroatoms. The number of benzene rings is 1. The van der Waals surface area contributed by atoms with E-state index in [1.54, 1.807) is 21.3 Å². The van der Waals surface area contributed by atoms with Crippen LogP contribution in [-0.4, -0.2) is 69.3 Å². The van der Waals surface area contributed by atoms with Crippen molar-refractivity contribution in [3.63, 3.8) is 0 Å². The van der Waals surface area contributed by atoms with Gasteiger partial charge in [-0.25, -0.2) is 0 Å². The molecule has 0 radical (unpaired) electrons. The molecule has 1 aliphatic heterocycles. The number of halogens is 1. The number of piperazine rings is 1. The fourth-order valence-corrected chi connectivity index (χ4v) is 3.11. The molecule has 27 heavy (non-hydrogen) atoms. The highest BCUT2D eigenvalue weighted by atomic mass is 35.5. The Balaban J connectivity index is 0.00000364. The topological polar surface area (TPSA) is 77.3 Å². The highest BCUT2D eigenvalue weighted by Gasteiger charge is 2.27. The van der Waals surface area contributed by atoms with Gasteiger partial charge in [-0.1, -0.05) is 13.8 Å². The predicted molar refractivity (Wildman–Crippen MR) is 108 cm³/mol. The van der Waals surface area contributed by atoms with Gasteiger partial charge in [-0.2, -0.15) is 0 Å². The van der Waals surface area contributed by atoms with Crippen LogP contribution in [0.4, 0.5) is 0 Å². The van der Waals surface area contributed by atoms with Crippen LogP contribution in [0.15, 0.2) is 12.1 Å². The van der Waals surface area contributed by atoms with Crippen LogP contribution in [0, 0.1) is 5.92 Å². The first-order chi connectivity index (χ1) is 12.4. The summed E-state index contributed by atoms with van der Waals surface area (Å²) in [5.41, 5.74) is 7.08. The maximum atomic E-state index is 12.4. The zero-order chi connectivity index (χ0) is 19.3. The van der Waals surface area contributed by atoms with Crippen LogP contribution < -0.4 is 19.9 Å². The molecule has 1 fully saturated rings. The number of carbonyl (C=O) groups excluding carboxylic acids is 1. The van der Waals surface area contributed by atoms with Crippen LogP contribution >= 0.6 is 12.4 Å². The molecule has 0 bridgehead atoms. The van der Waals surface area contributed by atoms with E-state index in [0.717, 1.165) is 25.2 Å². The Morgan fingerprint density at radius 1 is 1.04 bits per heavy atom. The van der Waals surface area contributed by atoms with Crippen molar-refractivity contribution in [2.75, 3.05) is 47.5 Å². The maximum Gasteiger partial charge on any atom is 0.239 e. The van der Waals surface area contributed by atoms with E-state index >= 15 is 0 Å². The number of amides is 1. The number of hydrogen-bond acceptors (Lipinski definition) is 6. The molecule has 1 heterocycles. The number of hydrogen-bond donors (Lipinski definition) is 1. The van der Waals surface area contributed by atoms with E-state index in [1.807, 2.05) is 30.9 Å². The molecule has 2 rings (SSSR count). The zero-order valence-electron chi connectivity index (χ0n) is 16.9. The highest BCUT2D eigenvalue weighted by molar-refractivity contribution is 5.85. The van der Waals surface area contributed by atoms with Gasteiger partial charge in [0.15, 0.2) is 11.5 Å². The second-order valence-electron chi connectivity index (χ2n) is 6.90. The molecule has 154 valence electrons. The third-order valence-electron chi connectivity index (χ3n) is 4.82. The molecule has 0 aliphatic carbocycles. The normalized spacial score (nSPS) is 15.9. The predicted octanol–water partition coefficient (Wildman–Crippen LogP) is 1.76. The molecule has 1 amide bonds. The molecule has 0 saturated carbocycles. The number of ether oxygens (including phenoxy) is 3. The molecule has 1 aromatic rings. The monoisotopic (exact) mass is 401 g/mol. The molecular weight excluding hydrogens is 370 g/mol. The van der Waals surface area contributed by atoms with Gasteiger partial charge in [0, 0.05) is 32.7 Å². The third kappa shape index (κ3) is 5.64. The average molecular weight is 402 g/mol. The number of methoxy groups -OCH3 is 3. The summed E-state index contributed by atoms with van der Waals surface area (Å²) in [7, 11) is 4.82. The molecule has 1 atom stereocenters. The average Bonchev–Trinajstić information content (AvgIpc) is 2.66. The minimum absolute atomic E-state index is 0. The van der Waals surface area contributed by atoms with Crippen LogP contribution in [0.2, 0.25) is 0 Å². The molecule has 7 nitrogen and oxygen atoms in total.